The molecule has 0 bridgehead atoms. The smallest absolute Gasteiger partial charge is 0.0506 e. The van der Waals surface area contributed by atoms with Crippen LogP contribution in [0.15, 0.2) is 0 Å². The van der Waals surface area contributed by atoms with Crippen molar-refractivity contribution in [3.05, 3.63) is 0 Å². The standard InChI is InChI=1S/C11H22N2/c1-11-4-8-13(9-5-11)10-12-6-2-3-7-12/h11H,2-10H2,1H3. The van der Waals surface area contributed by atoms with Gasteiger partial charge in [-0.3, -0.25) is 9.80 Å². The largest absolute Gasteiger partial charge is 0.290 e. The van der Waals surface area contributed by atoms with Crippen LogP contribution in [0.25, 0.3) is 0 Å². The molecule has 0 aromatic rings. The lowest BCUT2D eigenvalue weighted by Gasteiger charge is -2.33. The first-order valence-corrected chi connectivity index (χ1v) is 5.79. The molecule has 0 aromatic heterocycles. The molecule has 0 unspecified atom stereocenters. The monoisotopic (exact) mass is 182 g/mol. The SMILES string of the molecule is CC1CCN(CN2CCCC2)CC1. The molecule has 2 rings (SSSR count). The van der Waals surface area contributed by atoms with Gasteiger partial charge in [-0.05, 0) is 57.8 Å². The minimum atomic E-state index is 0.967. The van der Waals surface area contributed by atoms with E-state index in [1.165, 1.54) is 58.5 Å². The number of hydrogen-bond acceptors (Lipinski definition) is 2. The molecule has 2 heterocycles. The van der Waals surface area contributed by atoms with Gasteiger partial charge in [0.2, 0.25) is 0 Å². The average Bonchev–Trinajstić information content (AvgIpc) is 2.62. The Labute approximate surface area is 81.9 Å². The fourth-order valence-corrected chi connectivity index (χ4v) is 2.41. The number of nitrogens with zero attached hydrogens (tertiary/aromatic N) is 2. The van der Waals surface area contributed by atoms with Gasteiger partial charge in [-0.25, -0.2) is 0 Å². The highest BCUT2D eigenvalue weighted by Gasteiger charge is 2.19. The molecule has 0 atom stereocenters. The van der Waals surface area contributed by atoms with Crippen LogP contribution in [0.3, 0.4) is 0 Å². The number of hydrogen-bond donors (Lipinski definition) is 0. The molecular formula is C11H22N2. The average molecular weight is 182 g/mol. The highest BCUT2D eigenvalue weighted by molar-refractivity contribution is 4.72. The Hall–Kier alpha value is -0.0800. The summed E-state index contributed by atoms with van der Waals surface area (Å²) in [6.07, 6.45) is 5.66. The Kier molecular flexibility index (Phi) is 3.23. The van der Waals surface area contributed by atoms with E-state index in [0.29, 0.717) is 0 Å². The first-order chi connectivity index (χ1) is 6.34. The van der Waals surface area contributed by atoms with Crippen molar-refractivity contribution in [1.29, 1.82) is 0 Å². The van der Waals surface area contributed by atoms with Crippen LogP contribution in [-0.4, -0.2) is 42.6 Å². The van der Waals surface area contributed by atoms with Gasteiger partial charge in [0.1, 0.15) is 0 Å². The molecule has 2 saturated heterocycles. The first kappa shape index (κ1) is 9.47. The van der Waals surface area contributed by atoms with Gasteiger partial charge in [0.25, 0.3) is 0 Å². The first-order valence-electron chi connectivity index (χ1n) is 5.79. The zero-order valence-electron chi connectivity index (χ0n) is 8.84. The summed E-state index contributed by atoms with van der Waals surface area (Å²) in [6.45, 7) is 8.97. The van der Waals surface area contributed by atoms with E-state index in [1.807, 2.05) is 0 Å². The van der Waals surface area contributed by atoms with Crippen molar-refractivity contribution < 1.29 is 0 Å². The summed E-state index contributed by atoms with van der Waals surface area (Å²) in [5.74, 6) is 0.967. The van der Waals surface area contributed by atoms with Gasteiger partial charge < -0.3 is 0 Å². The number of likely N-dealkylation sites (tertiary alicyclic amines) is 2. The predicted octanol–water partition coefficient (Wildman–Crippen LogP) is 1.77. The predicted molar refractivity (Wildman–Crippen MR) is 55.6 cm³/mol. The Morgan fingerprint density at radius 2 is 1.46 bits per heavy atom. The van der Waals surface area contributed by atoms with E-state index in [0.717, 1.165) is 5.92 Å². The minimum Gasteiger partial charge on any atom is -0.290 e. The third-order valence-corrected chi connectivity index (χ3v) is 3.47. The van der Waals surface area contributed by atoms with Crippen molar-refractivity contribution in [3.63, 3.8) is 0 Å². The van der Waals surface area contributed by atoms with E-state index in [-0.39, 0.29) is 0 Å². The van der Waals surface area contributed by atoms with Gasteiger partial charge in [0.15, 0.2) is 0 Å². The quantitative estimate of drug-likeness (QED) is 0.642. The summed E-state index contributed by atoms with van der Waals surface area (Å²) in [4.78, 5) is 5.24. The molecule has 0 aromatic carbocycles. The molecule has 2 aliphatic heterocycles. The Bertz CT molecular complexity index is 144. The Morgan fingerprint density at radius 3 is 2.08 bits per heavy atom. The van der Waals surface area contributed by atoms with E-state index < -0.39 is 0 Å². The second-order valence-corrected chi connectivity index (χ2v) is 4.77. The summed E-state index contributed by atoms with van der Waals surface area (Å²) in [7, 11) is 0. The molecule has 0 N–H and O–H groups in total. The van der Waals surface area contributed by atoms with Crippen LogP contribution in [0.5, 0.6) is 0 Å². The summed E-state index contributed by atoms with van der Waals surface area (Å²) >= 11 is 0. The molecular weight excluding hydrogens is 160 g/mol. The lowest BCUT2D eigenvalue weighted by Crippen LogP contribution is -2.40. The summed E-state index contributed by atoms with van der Waals surface area (Å²) in [5, 5.41) is 0. The molecule has 0 saturated carbocycles. The van der Waals surface area contributed by atoms with Crippen molar-refractivity contribution in [2.45, 2.75) is 32.6 Å². The zero-order chi connectivity index (χ0) is 9.10. The van der Waals surface area contributed by atoms with Crippen LogP contribution < -0.4 is 0 Å². The van der Waals surface area contributed by atoms with E-state index in [9.17, 15) is 0 Å². The Morgan fingerprint density at radius 1 is 0.923 bits per heavy atom. The number of rotatable bonds is 2. The third kappa shape index (κ3) is 2.68. The van der Waals surface area contributed by atoms with E-state index >= 15 is 0 Å². The fraction of sp³-hybridized carbons (Fsp3) is 1.00. The number of piperidine rings is 1. The van der Waals surface area contributed by atoms with E-state index in [2.05, 4.69) is 16.7 Å². The van der Waals surface area contributed by atoms with Crippen molar-refractivity contribution >= 4 is 0 Å². The van der Waals surface area contributed by atoms with Gasteiger partial charge in [-0.1, -0.05) is 6.92 Å². The van der Waals surface area contributed by atoms with Gasteiger partial charge in [-0.15, -0.1) is 0 Å². The van der Waals surface area contributed by atoms with Crippen molar-refractivity contribution in [2.75, 3.05) is 32.8 Å². The van der Waals surface area contributed by atoms with E-state index in [4.69, 9.17) is 0 Å². The van der Waals surface area contributed by atoms with Gasteiger partial charge in [0.05, 0.1) is 6.67 Å². The normalized spacial score (nSPS) is 28.4. The second-order valence-electron chi connectivity index (χ2n) is 4.77. The molecule has 13 heavy (non-hydrogen) atoms. The van der Waals surface area contributed by atoms with Crippen LogP contribution in [-0.2, 0) is 0 Å². The molecule has 0 aliphatic carbocycles. The van der Waals surface area contributed by atoms with Crippen LogP contribution in [0.2, 0.25) is 0 Å². The van der Waals surface area contributed by atoms with Gasteiger partial charge in [-0.2, -0.15) is 0 Å². The van der Waals surface area contributed by atoms with Gasteiger partial charge >= 0.3 is 0 Å². The fourth-order valence-electron chi connectivity index (χ4n) is 2.41. The topological polar surface area (TPSA) is 6.48 Å². The maximum atomic E-state index is 2.63. The molecule has 76 valence electrons. The van der Waals surface area contributed by atoms with Crippen LogP contribution in [0.4, 0.5) is 0 Å². The molecule has 2 fully saturated rings. The molecule has 2 nitrogen and oxygen atoms in total. The lowest BCUT2D eigenvalue weighted by molar-refractivity contribution is 0.114. The lowest BCUT2D eigenvalue weighted by atomic mass is 10.00. The van der Waals surface area contributed by atoms with Crippen molar-refractivity contribution in [3.8, 4) is 0 Å². The summed E-state index contributed by atoms with van der Waals surface area (Å²) in [6, 6.07) is 0. The maximum Gasteiger partial charge on any atom is 0.0506 e. The second kappa shape index (κ2) is 4.43. The maximum absolute atomic E-state index is 2.63. The highest BCUT2D eigenvalue weighted by Crippen LogP contribution is 2.17. The van der Waals surface area contributed by atoms with Crippen molar-refractivity contribution in [1.82, 2.24) is 9.80 Å². The molecule has 2 aliphatic rings. The molecule has 0 spiro atoms. The van der Waals surface area contributed by atoms with E-state index in [1.54, 1.807) is 0 Å². The summed E-state index contributed by atoms with van der Waals surface area (Å²) < 4.78 is 0. The summed E-state index contributed by atoms with van der Waals surface area (Å²) in [5.41, 5.74) is 0. The van der Waals surface area contributed by atoms with Crippen molar-refractivity contribution in [2.24, 2.45) is 5.92 Å². The third-order valence-electron chi connectivity index (χ3n) is 3.47. The highest BCUT2D eigenvalue weighted by atomic mass is 15.3. The Balaban J connectivity index is 1.69. The molecule has 0 amide bonds. The molecule has 2 heteroatoms. The van der Waals surface area contributed by atoms with Gasteiger partial charge in [0, 0.05) is 0 Å². The van der Waals surface area contributed by atoms with Crippen LogP contribution >= 0.6 is 0 Å². The zero-order valence-corrected chi connectivity index (χ0v) is 8.84. The van der Waals surface area contributed by atoms with Crippen LogP contribution in [0.1, 0.15) is 32.6 Å². The minimum absolute atomic E-state index is 0.967. The molecule has 0 radical (unpaired) electrons. The van der Waals surface area contributed by atoms with Crippen LogP contribution in [0, 0.1) is 5.92 Å².